The minimum Gasteiger partial charge on any atom is -0.490 e. The van der Waals surface area contributed by atoms with E-state index in [2.05, 4.69) is 0 Å². The predicted octanol–water partition coefficient (Wildman–Crippen LogP) is 3.57. The summed E-state index contributed by atoms with van der Waals surface area (Å²) in [5, 5.41) is 11.8. The molecular weight excluding hydrogens is 426 g/mol. The van der Waals surface area contributed by atoms with Crippen molar-refractivity contribution in [3.05, 3.63) is 57.6 Å². The number of nitro benzene ring substituents is 1. The quantitative estimate of drug-likeness (QED) is 0.516. The molecule has 0 bridgehead atoms. The molecule has 0 N–H and O–H groups in total. The Morgan fingerprint density at radius 1 is 0.939 bits per heavy atom. The molecule has 1 atom stereocenters. The molecule has 3 aliphatic heterocycles. The maximum absolute atomic E-state index is 13.5. The van der Waals surface area contributed by atoms with Crippen molar-refractivity contribution in [2.75, 3.05) is 51.0 Å². The van der Waals surface area contributed by atoms with E-state index < -0.39 is 4.92 Å². The summed E-state index contributed by atoms with van der Waals surface area (Å²) in [5.74, 6) is 1.23. The van der Waals surface area contributed by atoms with Gasteiger partial charge in [0.15, 0.2) is 11.5 Å². The number of carbonyl (C=O) groups excluding carboxylic acids is 1. The Bertz CT molecular complexity index is 1050. The van der Waals surface area contributed by atoms with Crippen LogP contribution < -0.4 is 14.4 Å². The van der Waals surface area contributed by atoms with E-state index in [1.54, 1.807) is 12.1 Å². The van der Waals surface area contributed by atoms with E-state index in [9.17, 15) is 14.9 Å². The van der Waals surface area contributed by atoms with Gasteiger partial charge in [-0.15, -0.1) is 0 Å². The van der Waals surface area contributed by atoms with E-state index in [4.69, 9.17) is 14.2 Å². The molecule has 0 radical (unpaired) electrons. The van der Waals surface area contributed by atoms with Crippen LogP contribution >= 0.6 is 0 Å². The molecule has 1 amide bonds. The lowest BCUT2D eigenvalue weighted by molar-refractivity contribution is -0.384. The molecule has 0 unspecified atom stereocenters. The third kappa shape index (κ3) is 4.32. The van der Waals surface area contributed by atoms with E-state index >= 15 is 0 Å². The number of benzene rings is 2. The molecule has 3 heterocycles. The maximum atomic E-state index is 13.5. The lowest BCUT2D eigenvalue weighted by Crippen LogP contribution is -2.36. The highest BCUT2D eigenvalue weighted by molar-refractivity contribution is 5.96. The van der Waals surface area contributed by atoms with Gasteiger partial charge in [-0.3, -0.25) is 14.9 Å². The molecular formula is C24H27N3O6. The minimum atomic E-state index is -0.410. The Kier molecular flexibility index (Phi) is 6.04. The van der Waals surface area contributed by atoms with Gasteiger partial charge in [-0.1, -0.05) is 6.07 Å². The van der Waals surface area contributed by atoms with Crippen LogP contribution in [0.4, 0.5) is 11.4 Å². The minimum absolute atomic E-state index is 0.0472. The number of anilines is 1. The summed E-state index contributed by atoms with van der Waals surface area (Å²) in [6, 6.07) is 10.5. The summed E-state index contributed by atoms with van der Waals surface area (Å²) < 4.78 is 16.9. The fraction of sp³-hybridized carbons (Fsp3) is 0.458. The normalized spacial score (nSPS) is 20.4. The van der Waals surface area contributed by atoms with E-state index in [0.717, 1.165) is 30.6 Å². The van der Waals surface area contributed by atoms with E-state index in [1.165, 1.54) is 6.07 Å². The van der Waals surface area contributed by atoms with Crippen LogP contribution in [0.3, 0.4) is 0 Å². The topological polar surface area (TPSA) is 94.4 Å². The van der Waals surface area contributed by atoms with Crippen LogP contribution in [0.5, 0.6) is 11.5 Å². The second-order valence-corrected chi connectivity index (χ2v) is 8.47. The van der Waals surface area contributed by atoms with Gasteiger partial charge in [-0.05, 0) is 42.7 Å². The highest BCUT2D eigenvalue weighted by Crippen LogP contribution is 2.39. The zero-order valence-electron chi connectivity index (χ0n) is 18.4. The SMILES string of the molecule is O=C(c1ccc(N2CCOCC2)c([N+](=O)[O-])c1)N1CCC[C@H]1c1ccc2c(c1)OCCCO2. The van der Waals surface area contributed by atoms with Gasteiger partial charge in [-0.2, -0.15) is 0 Å². The number of nitro groups is 1. The summed E-state index contributed by atoms with van der Waals surface area (Å²) in [7, 11) is 0. The first-order valence-corrected chi connectivity index (χ1v) is 11.4. The van der Waals surface area contributed by atoms with Gasteiger partial charge in [-0.25, -0.2) is 0 Å². The monoisotopic (exact) mass is 453 g/mol. The molecule has 0 aliphatic carbocycles. The van der Waals surface area contributed by atoms with Crippen molar-refractivity contribution in [3.8, 4) is 11.5 Å². The average Bonchev–Trinajstić information content (AvgIpc) is 3.22. The van der Waals surface area contributed by atoms with Gasteiger partial charge in [0.05, 0.1) is 37.4 Å². The van der Waals surface area contributed by atoms with Crippen molar-refractivity contribution >= 4 is 17.3 Å². The van der Waals surface area contributed by atoms with Gasteiger partial charge < -0.3 is 24.0 Å². The lowest BCUT2D eigenvalue weighted by Gasteiger charge is -2.29. The molecule has 0 aromatic heterocycles. The van der Waals surface area contributed by atoms with Crippen LogP contribution in [-0.2, 0) is 4.74 Å². The van der Waals surface area contributed by atoms with Crippen molar-refractivity contribution in [3.63, 3.8) is 0 Å². The number of ether oxygens (including phenoxy) is 3. The number of fused-ring (bicyclic) bond motifs is 1. The molecule has 2 aromatic carbocycles. The van der Waals surface area contributed by atoms with Gasteiger partial charge in [0.1, 0.15) is 5.69 Å². The third-order valence-corrected chi connectivity index (χ3v) is 6.44. The summed E-state index contributed by atoms with van der Waals surface area (Å²) in [4.78, 5) is 28.6. The molecule has 0 spiro atoms. The first-order valence-electron chi connectivity index (χ1n) is 11.4. The smallest absolute Gasteiger partial charge is 0.293 e. The summed E-state index contributed by atoms with van der Waals surface area (Å²) in [6.07, 6.45) is 2.54. The van der Waals surface area contributed by atoms with Crippen molar-refractivity contribution in [1.29, 1.82) is 0 Å². The number of morpholine rings is 1. The molecule has 9 nitrogen and oxygen atoms in total. The van der Waals surface area contributed by atoms with Gasteiger partial charge in [0, 0.05) is 37.7 Å². The third-order valence-electron chi connectivity index (χ3n) is 6.44. The maximum Gasteiger partial charge on any atom is 0.293 e. The Hall–Kier alpha value is -3.33. The van der Waals surface area contributed by atoms with Crippen LogP contribution in [0.15, 0.2) is 36.4 Å². The van der Waals surface area contributed by atoms with Gasteiger partial charge in [0.25, 0.3) is 11.6 Å². The Morgan fingerprint density at radius 3 is 2.52 bits per heavy atom. The van der Waals surface area contributed by atoms with Crippen LogP contribution in [0.25, 0.3) is 0 Å². The standard InChI is InChI=1S/C24H27N3O6/c28-24(18-4-6-20(21(15-18)27(29)30)25-9-13-31-14-10-25)26-8-1-3-19(26)17-5-7-22-23(16-17)33-12-2-11-32-22/h4-7,15-16,19H,1-3,8-14H2/t19-/m0/s1. The van der Waals surface area contributed by atoms with Crippen molar-refractivity contribution in [2.45, 2.75) is 25.3 Å². The van der Waals surface area contributed by atoms with Crippen molar-refractivity contribution < 1.29 is 23.9 Å². The van der Waals surface area contributed by atoms with Crippen LogP contribution in [0, 0.1) is 10.1 Å². The number of hydrogen-bond donors (Lipinski definition) is 0. The van der Waals surface area contributed by atoms with Gasteiger partial charge >= 0.3 is 0 Å². The summed E-state index contributed by atoms with van der Waals surface area (Å²) in [6.45, 7) is 4.07. The largest absolute Gasteiger partial charge is 0.490 e. The number of nitrogens with zero attached hydrogens (tertiary/aromatic N) is 3. The molecule has 33 heavy (non-hydrogen) atoms. The van der Waals surface area contributed by atoms with E-state index in [-0.39, 0.29) is 17.6 Å². The molecule has 2 saturated heterocycles. The van der Waals surface area contributed by atoms with Crippen LogP contribution in [0.1, 0.15) is 41.2 Å². The number of amides is 1. The molecule has 2 aromatic rings. The fourth-order valence-corrected chi connectivity index (χ4v) is 4.78. The summed E-state index contributed by atoms with van der Waals surface area (Å²) in [5.41, 5.74) is 1.80. The first-order chi connectivity index (χ1) is 16.1. The average molecular weight is 453 g/mol. The zero-order valence-corrected chi connectivity index (χ0v) is 18.4. The molecule has 9 heteroatoms. The second-order valence-electron chi connectivity index (χ2n) is 8.47. The molecule has 0 saturated carbocycles. The Labute approximate surface area is 192 Å². The summed E-state index contributed by atoms with van der Waals surface area (Å²) >= 11 is 0. The highest BCUT2D eigenvalue weighted by Gasteiger charge is 2.33. The highest BCUT2D eigenvalue weighted by atomic mass is 16.6. The Balaban J connectivity index is 1.41. The van der Waals surface area contributed by atoms with Crippen molar-refractivity contribution in [2.24, 2.45) is 0 Å². The zero-order chi connectivity index (χ0) is 22.8. The predicted molar refractivity (Wildman–Crippen MR) is 121 cm³/mol. The molecule has 5 rings (SSSR count). The van der Waals surface area contributed by atoms with E-state index in [1.807, 2.05) is 28.0 Å². The number of carbonyl (C=O) groups is 1. The van der Waals surface area contributed by atoms with Crippen molar-refractivity contribution in [1.82, 2.24) is 4.90 Å². The van der Waals surface area contributed by atoms with Crippen LogP contribution in [-0.4, -0.2) is 61.8 Å². The second kappa shape index (κ2) is 9.27. The Morgan fingerprint density at radius 2 is 1.73 bits per heavy atom. The number of likely N-dealkylation sites (tertiary alicyclic amines) is 1. The first kappa shape index (κ1) is 21.5. The van der Waals surface area contributed by atoms with E-state index in [0.29, 0.717) is 63.1 Å². The van der Waals surface area contributed by atoms with Gasteiger partial charge in [0.2, 0.25) is 0 Å². The number of rotatable bonds is 4. The number of hydrogen-bond acceptors (Lipinski definition) is 7. The molecule has 174 valence electrons. The lowest BCUT2D eigenvalue weighted by atomic mass is 10.0. The van der Waals surface area contributed by atoms with Crippen LogP contribution in [0.2, 0.25) is 0 Å². The molecule has 2 fully saturated rings. The fourth-order valence-electron chi connectivity index (χ4n) is 4.78. The molecule has 3 aliphatic rings.